The lowest BCUT2D eigenvalue weighted by atomic mass is 9.73. The minimum absolute atomic E-state index is 0.0510. The molecule has 1 aliphatic heterocycles. The molecular weight excluding hydrogens is 555 g/mol. The van der Waals surface area contributed by atoms with E-state index in [1.165, 1.54) is 12.1 Å². The number of benzene rings is 2. The first-order chi connectivity index (χ1) is 15.9. The van der Waals surface area contributed by atoms with E-state index in [0.717, 1.165) is 24.0 Å². The molecule has 0 amide bonds. The molecule has 2 aromatic carbocycles. The number of hydrogen-bond donors (Lipinski definition) is 0. The third-order valence-electron chi connectivity index (χ3n) is 6.29. The minimum atomic E-state index is -0.428. The highest BCUT2D eigenvalue weighted by molar-refractivity contribution is 9.11. The molecule has 0 spiro atoms. The van der Waals surface area contributed by atoms with E-state index in [0.29, 0.717) is 63.0 Å². The summed E-state index contributed by atoms with van der Waals surface area (Å²) < 4.78 is 26.7. The van der Waals surface area contributed by atoms with Crippen LogP contribution in [-0.2, 0) is 20.9 Å². The zero-order chi connectivity index (χ0) is 23.1. The highest BCUT2D eigenvalue weighted by Gasteiger charge is 2.42. The molecule has 0 saturated heterocycles. The molecule has 7 heteroatoms. The molecule has 0 aromatic heterocycles. The Hall–Kier alpha value is -2.25. The van der Waals surface area contributed by atoms with Crippen LogP contribution in [0.5, 0.6) is 5.75 Å². The van der Waals surface area contributed by atoms with E-state index in [2.05, 4.69) is 31.9 Å². The maximum Gasteiger partial charge on any atom is 0.163 e. The molecule has 1 heterocycles. The lowest BCUT2D eigenvalue weighted by Gasteiger charge is -2.36. The summed E-state index contributed by atoms with van der Waals surface area (Å²) in [7, 11) is 0. The van der Waals surface area contributed by atoms with Gasteiger partial charge in [0.15, 0.2) is 11.6 Å². The van der Waals surface area contributed by atoms with Gasteiger partial charge in [-0.15, -0.1) is 0 Å². The van der Waals surface area contributed by atoms with E-state index in [1.54, 1.807) is 12.1 Å². The summed E-state index contributed by atoms with van der Waals surface area (Å²) >= 11 is 7.22. The number of halogens is 3. The first-order valence-corrected chi connectivity index (χ1v) is 12.6. The Labute approximate surface area is 208 Å². The fourth-order valence-corrected chi connectivity index (χ4v) is 6.22. The summed E-state index contributed by atoms with van der Waals surface area (Å²) in [5, 5.41) is 0. The number of ketones is 2. The molecule has 2 aliphatic carbocycles. The number of rotatable bonds is 4. The third-order valence-corrected chi connectivity index (χ3v) is 7.47. The standard InChI is InChI=1S/C26H21Br2FO4/c27-17-11-15(12-18(28)26(17)32-13-14-7-9-16(29)10-8-14)23-24-19(30)3-1-5-21(24)33-22-6-2-4-20(31)25(22)23/h7-12,23H,1-6,13H2. The number of Topliss-reactive ketones (excluding diaryl/α,β-unsaturated/α-hetero) is 2. The van der Waals surface area contributed by atoms with Crippen LogP contribution in [0, 0.1) is 5.82 Å². The Morgan fingerprint density at radius 2 is 1.42 bits per heavy atom. The number of carbonyl (C=O) groups is 2. The second-order valence-electron chi connectivity index (χ2n) is 8.49. The molecule has 170 valence electrons. The van der Waals surface area contributed by atoms with E-state index < -0.39 is 5.92 Å². The van der Waals surface area contributed by atoms with Crippen LogP contribution in [-0.4, -0.2) is 11.6 Å². The number of carbonyl (C=O) groups excluding carboxylic acids is 2. The first kappa shape index (κ1) is 22.5. The Bertz CT molecular complexity index is 1150. The van der Waals surface area contributed by atoms with E-state index >= 15 is 0 Å². The Kier molecular flexibility index (Phi) is 6.27. The van der Waals surface area contributed by atoms with Crippen molar-refractivity contribution < 1.29 is 23.5 Å². The van der Waals surface area contributed by atoms with Crippen LogP contribution >= 0.6 is 31.9 Å². The van der Waals surface area contributed by atoms with Gasteiger partial charge in [-0.05, 0) is 80.1 Å². The molecular formula is C26H21Br2FO4. The zero-order valence-corrected chi connectivity index (χ0v) is 20.9. The summed E-state index contributed by atoms with van der Waals surface area (Å²) in [5.74, 6) is 1.41. The van der Waals surface area contributed by atoms with Crippen molar-refractivity contribution in [2.45, 2.75) is 51.0 Å². The van der Waals surface area contributed by atoms with Crippen molar-refractivity contribution in [3.8, 4) is 5.75 Å². The van der Waals surface area contributed by atoms with Crippen LogP contribution < -0.4 is 4.74 Å². The van der Waals surface area contributed by atoms with Crippen molar-refractivity contribution in [3.63, 3.8) is 0 Å². The van der Waals surface area contributed by atoms with Crippen LogP contribution in [0.3, 0.4) is 0 Å². The summed E-state index contributed by atoms with van der Waals surface area (Å²) in [6.07, 6.45) is 3.90. The third kappa shape index (κ3) is 4.33. The van der Waals surface area contributed by atoms with Crippen LogP contribution in [0.2, 0.25) is 0 Å². The number of ether oxygens (including phenoxy) is 2. The van der Waals surface area contributed by atoms with Gasteiger partial charge in [0.1, 0.15) is 29.7 Å². The van der Waals surface area contributed by atoms with Gasteiger partial charge < -0.3 is 9.47 Å². The Balaban J connectivity index is 1.52. The summed E-state index contributed by atoms with van der Waals surface area (Å²) in [5.41, 5.74) is 2.92. The minimum Gasteiger partial charge on any atom is -0.487 e. The van der Waals surface area contributed by atoms with Gasteiger partial charge in [-0.1, -0.05) is 12.1 Å². The van der Waals surface area contributed by atoms with Crippen molar-refractivity contribution in [1.82, 2.24) is 0 Å². The van der Waals surface area contributed by atoms with Crippen LogP contribution in [0.25, 0.3) is 0 Å². The van der Waals surface area contributed by atoms with E-state index in [4.69, 9.17) is 9.47 Å². The van der Waals surface area contributed by atoms with Crippen LogP contribution in [0.1, 0.15) is 55.6 Å². The fraction of sp³-hybridized carbons (Fsp3) is 0.308. The van der Waals surface area contributed by atoms with Crippen LogP contribution in [0.4, 0.5) is 4.39 Å². The van der Waals surface area contributed by atoms with Gasteiger partial charge in [0, 0.05) is 42.7 Å². The van der Waals surface area contributed by atoms with Gasteiger partial charge in [-0.2, -0.15) is 0 Å². The zero-order valence-electron chi connectivity index (χ0n) is 17.8. The van der Waals surface area contributed by atoms with Crippen molar-refractivity contribution >= 4 is 43.4 Å². The quantitative estimate of drug-likeness (QED) is 0.392. The van der Waals surface area contributed by atoms with E-state index in [1.807, 2.05) is 12.1 Å². The van der Waals surface area contributed by atoms with Gasteiger partial charge in [0.25, 0.3) is 0 Å². The second kappa shape index (κ2) is 9.18. The molecule has 3 aliphatic rings. The maximum absolute atomic E-state index is 13.2. The summed E-state index contributed by atoms with van der Waals surface area (Å²) in [6.45, 7) is 0.273. The topological polar surface area (TPSA) is 52.6 Å². The summed E-state index contributed by atoms with van der Waals surface area (Å²) in [4.78, 5) is 25.9. The molecule has 0 saturated carbocycles. The monoisotopic (exact) mass is 574 g/mol. The average molecular weight is 576 g/mol. The Morgan fingerprint density at radius 3 is 1.97 bits per heavy atom. The largest absolute Gasteiger partial charge is 0.487 e. The van der Waals surface area contributed by atoms with E-state index in [-0.39, 0.29) is 24.0 Å². The summed E-state index contributed by atoms with van der Waals surface area (Å²) in [6, 6.07) is 9.99. The number of hydrogen-bond acceptors (Lipinski definition) is 4. The molecule has 0 radical (unpaired) electrons. The SMILES string of the molecule is O=C1CCCC2=C1C(c1cc(Br)c(OCc3ccc(F)cc3)c(Br)c1)C1=C(CCCC1=O)O2. The molecule has 5 rings (SSSR count). The molecule has 0 N–H and O–H groups in total. The lowest BCUT2D eigenvalue weighted by molar-refractivity contribution is -0.117. The first-order valence-electron chi connectivity index (χ1n) is 11.0. The van der Waals surface area contributed by atoms with Gasteiger partial charge in [0.05, 0.1) is 8.95 Å². The van der Waals surface area contributed by atoms with Crippen LogP contribution in [0.15, 0.2) is 68.0 Å². The molecule has 0 bridgehead atoms. The second-order valence-corrected chi connectivity index (χ2v) is 10.2. The van der Waals surface area contributed by atoms with Crippen molar-refractivity contribution in [1.29, 1.82) is 0 Å². The van der Waals surface area contributed by atoms with Gasteiger partial charge in [-0.25, -0.2) is 4.39 Å². The predicted molar refractivity (Wildman–Crippen MR) is 128 cm³/mol. The maximum atomic E-state index is 13.2. The smallest absolute Gasteiger partial charge is 0.163 e. The fourth-order valence-electron chi connectivity index (χ4n) is 4.77. The highest BCUT2D eigenvalue weighted by atomic mass is 79.9. The molecule has 0 fully saturated rings. The van der Waals surface area contributed by atoms with Gasteiger partial charge >= 0.3 is 0 Å². The van der Waals surface area contributed by atoms with Crippen molar-refractivity contribution in [3.05, 3.63) is 85.0 Å². The normalized spacial score (nSPS) is 18.8. The average Bonchev–Trinajstić information content (AvgIpc) is 2.79. The molecule has 4 nitrogen and oxygen atoms in total. The molecule has 2 aromatic rings. The van der Waals surface area contributed by atoms with Gasteiger partial charge in [-0.3, -0.25) is 9.59 Å². The Morgan fingerprint density at radius 1 is 0.879 bits per heavy atom. The predicted octanol–water partition coefficient (Wildman–Crippen LogP) is 7.06. The highest BCUT2D eigenvalue weighted by Crippen LogP contribution is 2.49. The number of allylic oxidation sites excluding steroid dienone is 4. The van der Waals surface area contributed by atoms with Gasteiger partial charge in [0.2, 0.25) is 0 Å². The van der Waals surface area contributed by atoms with E-state index in [9.17, 15) is 14.0 Å². The molecule has 0 unspecified atom stereocenters. The lowest BCUT2D eigenvalue weighted by Crippen LogP contribution is -2.30. The molecule has 0 atom stereocenters. The van der Waals surface area contributed by atoms with Crippen molar-refractivity contribution in [2.24, 2.45) is 0 Å². The van der Waals surface area contributed by atoms with Crippen molar-refractivity contribution in [2.75, 3.05) is 0 Å². The molecule has 33 heavy (non-hydrogen) atoms.